The van der Waals surface area contributed by atoms with E-state index in [1.165, 1.54) is 0 Å². The van der Waals surface area contributed by atoms with E-state index in [1.54, 1.807) is 24.4 Å². The summed E-state index contributed by atoms with van der Waals surface area (Å²) in [5, 5.41) is 9.77. The van der Waals surface area contributed by atoms with Crippen molar-refractivity contribution < 1.29 is 14.7 Å². The van der Waals surface area contributed by atoms with E-state index in [2.05, 4.69) is 11.9 Å². The van der Waals surface area contributed by atoms with Crippen LogP contribution in [0.4, 0.5) is 5.82 Å². The normalized spacial score (nSPS) is 18.8. The van der Waals surface area contributed by atoms with Crippen LogP contribution < -0.4 is 5.73 Å². The van der Waals surface area contributed by atoms with Gasteiger partial charge in [-0.25, -0.2) is 4.98 Å². The van der Waals surface area contributed by atoms with Crippen LogP contribution >= 0.6 is 0 Å². The number of carbonyl (C=O) groups excluding carboxylic acids is 2. The van der Waals surface area contributed by atoms with Gasteiger partial charge in [0.1, 0.15) is 0 Å². The summed E-state index contributed by atoms with van der Waals surface area (Å²) in [5.74, 6) is 0.163. The second kappa shape index (κ2) is 9.81. The van der Waals surface area contributed by atoms with Gasteiger partial charge in [0.05, 0.1) is 0 Å². The number of benzene rings is 1. The molecule has 1 aliphatic rings. The number of hydrogen-bond donors (Lipinski definition) is 2. The molecular weight excluding hydrogens is 392 g/mol. The van der Waals surface area contributed by atoms with Gasteiger partial charge in [0.15, 0.2) is 11.6 Å². The number of aromatic hydroxyl groups is 1. The Labute approximate surface area is 183 Å². The molecule has 0 unspecified atom stereocenters. The average molecular weight is 425 g/mol. The molecule has 0 radical (unpaired) electrons. The standard InChI is InChI=1S/C24H32N4O3/c1-4-5-6-7-22(30)28-16(2)14-27(15-17(28)3)24(31)19-10-8-18(9-11-19)20-12-21(29)23(25)26-13-20/h8-13,16-17,29H,4-7,14-15H2,1-3H3,(H2,25,26)/t16-,17+. The minimum absolute atomic E-state index is 0.00933. The molecule has 0 aliphatic carbocycles. The van der Waals surface area contributed by atoms with Gasteiger partial charge in [-0.05, 0) is 44.0 Å². The van der Waals surface area contributed by atoms with Crippen molar-refractivity contribution in [1.82, 2.24) is 14.8 Å². The molecule has 3 N–H and O–H groups in total. The lowest BCUT2D eigenvalue weighted by Crippen LogP contribution is -2.59. The van der Waals surface area contributed by atoms with E-state index in [0.717, 1.165) is 30.4 Å². The maximum absolute atomic E-state index is 13.1. The van der Waals surface area contributed by atoms with Crippen molar-refractivity contribution in [2.45, 2.75) is 58.5 Å². The molecule has 7 heteroatoms. The Balaban J connectivity index is 1.66. The third-order valence-corrected chi connectivity index (χ3v) is 5.85. The predicted octanol–water partition coefficient (Wildman–Crippen LogP) is 3.68. The summed E-state index contributed by atoms with van der Waals surface area (Å²) >= 11 is 0. The monoisotopic (exact) mass is 424 g/mol. The summed E-state index contributed by atoms with van der Waals surface area (Å²) in [7, 11) is 0. The lowest BCUT2D eigenvalue weighted by atomic mass is 10.0. The van der Waals surface area contributed by atoms with Crippen molar-refractivity contribution in [3.05, 3.63) is 42.1 Å². The van der Waals surface area contributed by atoms with Crippen LogP contribution in [0.15, 0.2) is 36.5 Å². The molecule has 0 saturated carbocycles. The van der Waals surface area contributed by atoms with E-state index in [0.29, 0.717) is 25.1 Å². The number of nitrogens with zero attached hydrogens (tertiary/aromatic N) is 3. The smallest absolute Gasteiger partial charge is 0.253 e. The molecular formula is C24H32N4O3. The lowest BCUT2D eigenvalue weighted by molar-refractivity contribution is -0.138. The van der Waals surface area contributed by atoms with Crippen molar-refractivity contribution in [1.29, 1.82) is 0 Å². The fraction of sp³-hybridized carbons (Fsp3) is 0.458. The zero-order valence-electron chi connectivity index (χ0n) is 18.5. The molecule has 2 amide bonds. The molecule has 1 aromatic heterocycles. The number of nitrogens with two attached hydrogens (primary N) is 1. The maximum atomic E-state index is 13.1. The largest absolute Gasteiger partial charge is 0.504 e. The Morgan fingerprint density at radius 2 is 1.74 bits per heavy atom. The summed E-state index contributed by atoms with van der Waals surface area (Å²) in [6.07, 6.45) is 5.24. The molecule has 3 rings (SSSR count). The third kappa shape index (κ3) is 5.16. The molecule has 1 fully saturated rings. The summed E-state index contributed by atoms with van der Waals surface area (Å²) in [5.41, 5.74) is 7.72. The van der Waals surface area contributed by atoms with Crippen LogP contribution in [0.5, 0.6) is 5.75 Å². The van der Waals surface area contributed by atoms with Gasteiger partial charge >= 0.3 is 0 Å². The van der Waals surface area contributed by atoms with Gasteiger partial charge in [0, 0.05) is 48.9 Å². The quantitative estimate of drug-likeness (QED) is 0.689. The molecule has 2 heterocycles. The Bertz CT molecular complexity index is 917. The molecule has 0 bridgehead atoms. The fourth-order valence-corrected chi connectivity index (χ4v) is 4.24. The molecule has 7 nitrogen and oxygen atoms in total. The van der Waals surface area contributed by atoms with Gasteiger partial charge in [0.25, 0.3) is 5.91 Å². The molecule has 1 aromatic carbocycles. The second-order valence-corrected chi connectivity index (χ2v) is 8.37. The Morgan fingerprint density at radius 1 is 1.10 bits per heavy atom. The zero-order chi connectivity index (χ0) is 22.5. The van der Waals surface area contributed by atoms with Gasteiger partial charge in [-0.15, -0.1) is 0 Å². The molecule has 31 heavy (non-hydrogen) atoms. The molecule has 2 atom stereocenters. The maximum Gasteiger partial charge on any atom is 0.253 e. The van der Waals surface area contributed by atoms with E-state index in [9.17, 15) is 14.7 Å². The van der Waals surface area contributed by atoms with Crippen LogP contribution in [0.2, 0.25) is 0 Å². The summed E-state index contributed by atoms with van der Waals surface area (Å²) in [6, 6.07) is 8.76. The molecule has 0 spiro atoms. The summed E-state index contributed by atoms with van der Waals surface area (Å²) in [4.78, 5) is 33.5. The SMILES string of the molecule is CCCCCC(=O)N1[C@H](C)CN(C(=O)c2ccc(-c3cnc(N)c(O)c3)cc2)C[C@@H]1C. The lowest BCUT2D eigenvalue weighted by Gasteiger charge is -2.44. The topological polar surface area (TPSA) is 99.8 Å². The van der Waals surface area contributed by atoms with Gasteiger partial charge in [-0.1, -0.05) is 31.9 Å². The van der Waals surface area contributed by atoms with Gasteiger partial charge in [0.2, 0.25) is 5.91 Å². The highest BCUT2D eigenvalue weighted by Gasteiger charge is 2.34. The third-order valence-electron chi connectivity index (χ3n) is 5.85. The van der Waals surface area contributed by atoms with E-state index in [1.807, 2.05) is 35.8 Å². The molecule has 1 aliphatic heterocycles. The van der Waals surface area contributed by atoms with Crippen molar-refractivity contribution >= 4 is 17.6 Å². The van der Waals surface area contributed by atoms with Crippen LogP contribution in [0.3, 0.4) is 0 Å². The number of rotatable bonds is 6. The second-order valence-electron chi connectivity index (χ2n) is 8.37. The number of aromatic nitrogens is 1. The highest BCUT2D eigenvalue weighted by molar-refractivity contribution is 5.95. The van der Waals surface area contributed by atoms with Crippen molar-refractivity contribution in [2.24, 2.45) is 0 Å². The van der Waals surface area contributed by atoms with Crippen molar-refractivity contribution in [3.63, 3.8) is 0 Å². The first-order valence-corrected chi connectivity index (χ1v) is 11.0. The first-order valence-electron chi connectivity index (χ1n) is 11.0. The van der Waals surface area contributed by atoms with Gasteiger partial charge in [-0.2, -0.15) is 0 Å². The number of anilines is 1. The van der Waals surface area contributed by atoms with Crippen LogP contribution in [0, 0.1) is 0 Å². The van der Waals surface area contributed by atoms with Crippen molar-refractivity contribution in [3.8, 4) is 16.9 Å². The predicted molar refractivity (Wildman–Crippen MR) is 122 cm³/mol. The van der Waals surface area contributed by atoms with Crippen LogP contribution in [0.25, 0.3) is 11.1 Å². The molecule has 2 aromatic rings. The number of amides is 2. The Hall–Kier alpha value is -3.09. The number of hydrogen-bond acceptors (Lipinski definition) is 5. The van der Waals surface area contributed by atoms with Crippen molar-refractivity contribution in [2.75, 3.05) is 18.8 Å². The fourth-order valence-electron chi connectivity index (χ4n) is 4.24. The minimum atomic E-state index is -0.0669. The Morgan fingerprint density at radius 3 is 2.32 bits per heavy atom. The first kappa shape index (κ1) is 22.6. The summed E-state index contributed by atoms with van der Waals surface area (Å²) in [6.45, 7) is 7.21. The number of carbonyl (C=O) groups is 2. The number of pyridine rings is 1. The van der Waals surface area contributed by atoms with Gasteiger partial charge in [-0.3, -0.25) is 9.59 Å². The van der Waals surface area contributed by atoms with Crippen LogP contribution in [0.1, 0.15) is 56.8 Å². The van der Waals surface area contributed by atoms with Crippen LogP contribution in [-0.4, -0.2) is 56.9 Å². The van der Waals surface area contributed by atoms with Gasteiger partial charge < -0.3 is 20.6 Å². The number of nitrogen functional groups attached to an aromatic ring is 1. The average Bonchev–Trinajstić information content (AvgIpc) is 2.75. The van der Waals surface area contributed by atoms with Crippen LogP contribution in [-0.2, 0) is 4.79 Å². The Kier molecular flexibility index (Phi) is 7.15. The number of piperazine rings is 1. The summed E-state index contributed by atoms with van der Waals surface area (Å²) < 4.78 is 0. The first-order chi connectivity index (χ1) is 14.8. The number of unbranched alkanes of at least 4 members (excludes halogenated alkanes) is 2. The van der Waals surface area contributed by atoms with E-state index >= 15 is 0 Å². The highest BCUT2D eigenvalue weighted by Crippen LogP contribution is 2.27. The highest BCUT2D eigenvalue weighted by atomic mass is 16.3. The van der Waals surface area contributed by atoms with E-state index in [-0.39, 0.29) is 35.5 Å². The van der Waals surface area contributed by atoms with E-state index < -0.39 is 0 Å². The zero-order valence-corrected chi connectivity index (χ0v) is 18.5. The van der Waals surface area contributed by atoms with E-state index in [4.69, 9.17) is 5.73 Å². The minimum Gasteiger partial charge on any atom is -0.504 e. The molecule has 166 valence electrons. The molecule has 1 saturated heterocycles.